The number of hydrogen-bond acceptors (Lipinski definition) is 4. The first-order chi connectivity index (χ1) is 8.69. The van der Waals surface area contributed by atoms with Crippen LogP contribution in [0, 0.1) is 17.1 Å². The van der Waals surface area contributed by atoms with E-state index in [1.165, 1.54) is 18.2 Å². The predicted molar refractivity (Wildman–Crippen MR) is 62.8 cm³/mol. The minimum absolute atomic E-state index is 0.0998. The van der Waals surface area contributed by atoms with Crippen molar-refractivity contribution in [1.29, 1.82) is 5.26 Å². The van der Waals surface area contributed by atoms with Crippen molar-refractivity contribution in [2.45, 2.75) is 19.3 Å². The minimum atomic E-state index is -0.600. The highest BCUT2D eigenvalue weighted by atomic mass is 19.1. The molecule has 1 aromatic carbocycles. The second kappa shape index (κ2) is 7.25. The van der Waals surface area contributed by atoms with E-state index in [4.69, 9.17) is 15.8 Å². The average Bonchev–Trinajstić information content (AvgIpc) is 2.38. The summed E-state index contributed by atoms with van der Waals surface area (Å²) in [5.74, 6) is 4.31. The molecule has 0 saturated carbocycles. The van der Waals surface area contributed by atoms with Crippen LogP contribution in [0.4, 0.5) is 4.39 Å². The molecule has 0 aliphatic rings. The molecule has 0 atom stereocenters. The van der Waals surface area contributed by atoms with E-state index >= 15 is 0 Å². The van der Waals surface area contributed by atoms with Crippen molar-refractivity contribution < 1.29 is 13.9 Å². The second-order valence-electron chi connectivity index (χ2n) is 3.60. The Bertz CT molecular complexity index is 457. The first-order valence-electron chi connectivity index (χ1n) is 5.50. The molecule has 0 radical (unpaired) electrons. The summed E-state index contributed by atoms with van der Waals surface area (Å²) in [7, 11) is 0. The molecule has 0 aromatic heterocycles. The maximum Gasteiger partial charge on any atom is 0.233 e. The van der Waals surface area contributed by atoms with Crippen molar-refractivity contribution in [2.24, 2.45) is 5.84 Å². The number of amides is 1. The van der Waals surface area contributed by atoms with Gasteiger partial charge in [-0.05, 0) is 25.0 Å². The Morgan fingerprint density at radius 1 is 1.50 bits per heavy atom. The third-order valence-corrected chi connectivity index (χ3v) is 2.30. The molecule has 1 rings (SSSR count). The third-order valence-electron chi connectivity index (χ3n) is 2.30. The highest BCUT2D eigenvalue weighted by Gasteiger charge is 2.08. The number of carbonyl (C=O) groups excluding carboxylic acids is 1. The highest BCUT2D eigenvalue weighted by molar-refractivity contribution is 5.75. The van der Waals surface area contributed by atoms with E-state index in [0.717, 1.165) is 0 Å². The van der Waals surface area contributed by atoms with Crippen LogP contribution < -0.4 is 16.0 Å². The van der Waals surface area contributed by atoms with Gasteiger partial charge in [-0.1, -0.05) is 6.07 Å². The molecule has 1 aromatic rings. The number of hydrazine groups is 1. The van der Waals surface area contributed by atoms with Crippen LogP contribution in [0.1, 0.15) is 24.8 Å². The molecule has 0 bridgehead atoms. The van der Waals surface area contributed by atoms with Crippen molar-refractivity contribution in [3.05, 3.63) is 29.6 Å². The minimum Gasteiger partial charge on any atom is -0.492 e. The lowest BCUT2D eigenvalue weighted by molar-refractivity contribution is -0.121. The fraction of sp³-hybridized carbons (Fsp3) is 0.333. The zero-order valence-corrected chi connectivity index (χ0v) is 9.78. The summed E-state index contributed by atoms with van der Waals surface area (Å²) in [6.45, 7) is 0.315. The molecule has 18 heavy (non-hydrogen) atoms. The molecule has 5 nitrogen and oxygen atoms in total. The zero-order valence-electron chi connectivity index (χ0n) is 9.78. The van der Waals surface area contributed by atoms with Crippen molar-refractivity contribution >= 4 is 5.91 Å². The van der Waals surface area contributed by atoms with E-state index in [9.17, 15) is 9.18 Å². The van der Waals surface area contributed by atoms with Gasteiger partial charge in [0.1, 0.15) is 23.2 Å². The summed E-state index contributed by atoms with van der Waals surface area (Å²) in [4.78, 5) is 10.8. The molecule has 0 aliphatic carbocycles. The van der Waals surface area contributed by atoms with Gasteiger partial charge in [0.05, 0.1) is 6.61 Å². The van der Waals surface area contributed by atoms with Crippen LogP contribution in [0.2, 0.25) is 0 Å². The van der Waals surface area contributed by atoms with E-state index in [1.807, 2.05) is 5.43 Å². The van der Waals surface area contributed by atoms with E-state index < -0.39 is 5.82 Å². The summed E-state index contributed by atoms with van der Waals surface area (Å²) in [6, 6.07) is 5.97. The van der Waals surface area contributed by atoms with Crippen molar-refractivity contribution in [1.82, 2.24) is 5.43 Å². The molecule has 0 fully saturated rings. The summed E-state index contributed by atoms with van der Waals surface area (Å²) < 4.78 is 18.5. The number of nitrogens with two attached hydrogens (primary N) is 1. The molecular weight excluding hydrogens is 237 g/mol. The lowest BCUT2D eigenvalue weighted by Gasteiger charge is -2.07. The molecule has 1 amide bonds. The number of rotatable bonds is 6. The Morgan fingerprint density at radius 2 is 2.28 bits per heavy atom. The summed E-state index contributed by atoms with van der Waals surface area (Å²) in [5.41, 5.74) is 1.93. The topological polar surface area (TPSA) is 88.1 Å². The fourth-order valence-corrected chi connectivity index (χ4v) is 1.38. The van der Waals surface area contributed by atoms with Gasteiger partial charge in [-0.3, -0.25) is 10.2 Å². The number of carbonyl (C=O) groups is 1. The molecule has 0 unspecified atom stereocenters. The predicted octanol–water partition coefficient (Wildman–Crippen LogP) is 1.24. The molecule has 0 spiro atoms. The van der Waals surface area contributed by atoms with Gasteiger partial charge >= 0.3 is 0 Å². The Balaban J connectivity index is 2.38. The molecule has 3 N–H and O–H groups in total. The zero-order chi connectivity index (χ0) is 13.4. The Labute approximate surface area is 104 Å². The third kappa shape index (κ3) is 4.03. The van der Waals surface area contributed by atoms with Crippen LogP contribution in [-0.4, -0.2) is 12.5 Å². The van der Waals surface area contributed by atoms with Gasteiger partial charge in [-0.15, -0.1) is 0 Å². The number of ether oxygens (including phenoxy) is 1. The number of nitrogens with one attached hydrogen (secondary N) is 1. The van der Waals surface area contributed by atoms with Gasteiger partial charge in [0.25, 0.3) is 0 Å². The summed E-state index contributed by atoms with van der Waals surface area (Å²) >= 11 is 0. The Kier molecular flexibility index (Phi) is 5.61. The molecule has 0 heterocycles. The lowest BCUT2D eigenvalue weighted by Crippen LogP contribution is -2.29. The number of benzene rings is 1. The number of halogens is 1. The standard InChI is InChI=1S/C12H14FN3O2/c13-10-4-3-5-11(9(10)8-14)18-7-2-1-6-12(17)16-15/h3-5H,1-2,6-7,15H2,(H,16,17). The maximum absolute atomic E-state index is 13.2. The van der Waals surface area contributed by atoms with E-state index in [0.29, 0.717) is 25.9 Å². The lowest BCUT2D eigenvalue weighted by atomic mass is 10.2. The Morgan fingerprint density at radius 3 is 2.94 bits per heavy atom. The SMILES string of the molecule is N#Cc1c(F)cccc1OCCCCC(=O)NN. The van der Waals surface area contributed by atoms with Crippen LogP contribution in [-0.2, 0) is 4.79 Å². The van der Waals surface area contributed by atoms with E-state index in [2.05, 4.69) is 0 Å². The fourth-order valence-electron chi connectivity index (χ4n) is 1.38. The van der Waals surface area contributed by atoms with Gasteiger partial charge in [-0.25, -0.2) is 10.2 Å². The number of hydrogen-bond donors (Lipinski definition) is 2. The van der Waals surface area contributed by atoms with Crippen LogP contribution in [0.5, 0.6) is 5.75 Å². The first-order valence-corrected chi connectivity index (χ1v) is 5.50. The molecular formula is C12H14FN3O2. The van der Waals surface area contributed by atoms with Crippen LogP contribution in [0.15, 0.2) is 18.2 Å². The van der Waals surface area contributed by atoms with Crippen molar-refractivity contribution in [2.75, 3.05) is 6.61 Å². The molecule has 96 valence electrons. The number of nitriles is 1. The van der Waals surface area contributed by atoms with E-state index in [-0.39, 0.29) is 17.2 Å². The van der Waals surface area contributed by atoms with E-state index in [1.54, 1.807) is 6.07 Å². The molecule has 6 heteroatoms. The van der Waals surface area contributed by atoms with Crippen LogP contribution >= 0.6 is 0 Å². The average molecular weight is 251 g/mol. The van der Waals surface area contributed by atoms with Gasteiger partial charge in [0.2, 0.25) is 5.91 Å². The van der Waals surface area contributed by atoms with Gasteiger partial charge < -0.3 is 4.74 Å². The van der Waals surface area contributed by atoms with Crippen molar-refractivity contribution in [3.8, 4) is 11.8 Å². The normalized spacial score (nSPS) is 9.61. The second-order valence-corrected chi connectivity index (χ2v) is 3.60. The maximum atomic E-state index is 13.2. The smallest absolute Gasteiger partial charge is 0.233 e. The van der Waals surface area contributed by atoms with Crippen LogP contribution in [0.25, 0.3) is 0 Å². The largest absolute Gasteiger partial charge is 0.492 e. The van der Waals surface area contributed by atoms with Gasteiger partial charge in [0, 0.05) is 6.42 Å². The monoisotopic (exact) mass is 251 g/mol. The summed E-state index contributed by atoms with van der Waals surface area (Å²) in [6.07, 6.45) is 1.54. The van der Waals surface area contributed by atoms with Crippen molar-refractivity contribution in [3.63, 3.8) is 0 Å². The van der Waals surface area contributed by atoms with Crippen LogP contribution in [0.3, 0.4) is 0 Å². The Hall–Kier alpha value is -2.13. The summed E-state index contributed by atoms with van der Waals surface area (Å²) in [5, 5.41) is 8.77. The highest BCUT2D eigenvalue weighted by Crippen LogP contribution is 2.20. The first kappa shape index (κ1) is 13.9. The van der Waals surface area contributed by atoms with Gasteiger partial charge in [-0.2, -0.15) is 5.26 Å². The molecule has 0 aliphatic heterocycles. The molecule has 0 saturated heterocycles. The van der Waals surface area contributed by atoms with Gasteiger partial charge in [0.15, 0.2) is 0 Å². The number of unbranched alkanes of at least 4 members (excludes halogenated alkanes) is 1. The quantitative estimate of drug-likeness (QED) is 0.344. The number of nitrogens with zero attached hydrogens (tertiary/aromatic N) is 1.